The Labute approximate surface area is 124 Å². The second-order valence-electron chi connectivity index (χ2n) is 5.32. The molecule has 21 heavy (non-hydrogen) atoms. The Hall–Kier alpha value is -2.17. The van der Waals surface area contributed by atoms with Gasteiger partial charge < -0.3 is 4.74 Å². The molecule has 0 atom stereocenters. The third-order valence-electron chi connectivity index (χ3n) is 3.83. The van der Waals surface area contributed by atoms with Crippen LogP contribution in [0.25, 0.3) is 5.69 Å². The number of nitrogens with zero attached hydrogens (tertiary/aromatic N) is 3. The molecule has 1 heterocycles. The first-order valence-electron chi connectivity index (χ1n) is 7.46. The zero-order valence-electron chi connectivity index (χ0n) is 12.2. The van der Waals surface area contributed by atoms with Gasteiger partial charge in [-0.1, -0.05) is 37.5 Å². The highest BCUT2D eigenvalue weighted by Crippen LogP contribution is 2.29. The van der Waals surface area contributed by atoms with Crippen molar-refractivity contribution in [3.05, 3.63) is 42.0 Å². The summed E-state index contributed by atoms with van der Waals surface area (Å²) in [5.74, 6) is 1.19. The molecular formula is C16H19N3O2. The molecule has 0 bridgehead atoms. The van der Waals surface area contributed by atoms with E-state index in [-0.39, 0.29) is 5.82 Å². The van der Waals surface area contributed by atoms with Gasteiger partial charge in [-0.15, -0.1) is 5.10 Å². The first-order chi connectivity index (χ1) is 10.3. The van der Waals surface area contributed by atoms with Crippen LogP contribution in [-0.4, -0.2) is 27.3 Å². The molecule has 110 valence electrons. The number of hydrogen-bond donors (Lipinski definition) is 0. The topological polar surface area (TPSA) is 57.0 Å². The van der Waals surface area contributed by atoms with E-state index in [0.29, 0.717) is 12.5 Å². The number of benzene rings is 1. The summed E-state index contributed by atoms with van der Waals surface area (Å²) in [5, 5.41) is 4.34. The number of carbonyl (C=O) groups excluding carboxylic acids is 1. The van der Waals surface area contributed by atoms with Gasteiger partial charge in [0.15, 0.2) is 0 Å². The molecule has 1 aromatic carbocycles. The molecule has 0 N–H and O–H groups in total. The van der Waals surface area contributed by atoms with Crippen LogP contribution in [0.1, 0.15) is 42.6 Å². The van der Waals surface area contributed by atoms with E-state index in [0.717, 1.165) is 17.9 Å². The number of aromatic nitrogens is 3. The highest BCUT2D eigenvalue weighted by Gasteiger charge is 2.24. The van der Waals surface area contributed by atoms with Gasteiger partial charge in [-0.25, -0.2) is 14.5 Å². The molecule has 1 fully saturated rings. The number of hydrogen-bond acceptors (Lipinski definition) is 4. The summed E-state index contributed by atoms with van der Waals surface area (Å²) in [6, 6.07) is 9.79. The number of esters is 1. The highest BCUT2D eigenvalue weighted by atomic mass is 16.5. The summed E-state index contributed by atoms with van der Waals surface area (Å²) in [6.45, 7) is 2.11. The summed E-state index contributed by atoms with van der Waals surface area (Å²) < 4.78 is 6.77. The van der Waals surface area contributed by atoms with Crippen LogP contribution in [0.2, 0.25) is 0 Å². The van der Waals surface area contributed by atoms with Gasteiger partial charge >= 0.3 is 5.97 Å². The lowest BCUT2D eigenvalue weighted by atomic mass is 9.83. The van der Waals surface area contributed by atoms with E-state index >= 15 is 0 Å². The lowest BCUT2D eigenvalue weighted by Gasteiger charge is -2.24. The molecular weight excluding hydrogens is 266 g/mol. The highest BCUT2D eigenvalue weighted by molar-refractivity contribution is 5.85. The van der Waals surface area contributed by atoms with Crippen LogP contribution in [0.5, 0.6) is 0 Å². The molecule has 5 nitrogen and oxygen atoms in total. The molecule has 1 aliphatic rings. The molecule has 3 rings (SSSR count). The lowest BCUT2D eigenvalue weighted by molar-refractivity contribution is 0.0512. The fraction of sp³-hybridized carbons (Fsp3) is 0.438. The predicted octanol–water partition coefficient (Wildman–Crippen LogP) is 2.79. The number of carbonyl (C=O) groups is 1. The second kappa shape index (κ2) is 6.08. The molecule has 2 aromatic rings. The number of para-hydroxylation sites is 1. The van der Waals surface area contributed by atoms with Crippen molar-refractivity contribution in [2.75, 3.05) is 6.61 Å². The van der Waals surface area contributed by atoms with E-state index in [4.69, 9.17) is 4.74 Å². The van der Waals surface area contributed by atoms with Crippen LogP contribution in [0.3, 0.4) is 0 Å². The Kier molecular flexibility index (Phi) is 3.99. The summed E-state index contributed by atoms with van der Waals surface area (Å²) in [4.78, 5) is 16.3. The zero-order chi connectivity index (χ0) is 14.7. The quantitative estimate of drug-likeness (QED) is 0.793. The Morgan fingerprint density at radius 3 is 2.71 bits per heavy atom. The van der Waals surface area contributed by atoms with Gasteiger partial charge in [-0.2, -0.15) is 0 Å². The molecule has 1 aromatic heterocycles. The van der Waals surface area contributed by atoms with E-state index in [1.807, 2.05) is 30.3 Å². The maximum atomic E-state index is 11.9. The third kappa shape index (κ3) is 2.96. The Bertz CT molecular complexity index is 618. The second-order valence-corrected chi connectivity index (χ2v) is 5.32. The Morgan fingerprint density at radius 2 is 2.10 bits per heavy atom. The normalized spacial score (nSPS) is 14.7. The maximum Gasteiger partial charge on any atom is 0.378 e. The first kappa shape index (κ1) is 13.8. The maximum absolute atomic E-state index is 11.9. The fourth-order valence-electron chi connectivity index (χ4n) is 2.49. The van der Waals surface area contributed by atoms with Gasteiger partial charge in [0.25, 0.3) is 5.82 Å². The SMILES string of the molecule is CCOC(=O)c1nc(CC2CCC2)n(-c2ccccc2)n1. The summed E-state index contributed by atoms with van der Waals surface area (Å²) in [7, 11) is 0. The Balaban J connectivity index is 1.93. The van der Waals surface area contributed by atoms with Gasteiger partial charge in [0, 0.05) is 6.42 Å². The minimum absolute atomic E-state index is 0.148. The first-order valence-corrected chi connectivity index (χ1v) is 7.46. The number of ether oxygens (including phenoxy) is 1. The van der Waals surface area contributed by atoms with Crippen LogP contribution in [-0.2, 0) is 11.2 Å². The fourth-order valence-corrected chi connectivity index (χ4v) is 2.49. The van der Waals surface area contributed by atoms with Crippen molar-refractivity contribution in [1.82, 2.24) is 14.8 Å². The standard InChI is InChI=1S/C16H19N3O2/c1-2-21-16(20)15-17-14(11-12-7-6-8-12)19(18-15)13-9-4-3-5-10-13/h3-5,9-10,12H,2,6-8,11H2,1H3. The minimum Gasteiger partial charge on any atom is -0.460 e. The number of rotatable bonds is 5. The van der Waals surface area contributed by atoms with E-state index in [9.17, 15) is 4.79 Å². The molecule has 1 saturated carbocycles. The van der Waals surface area contributed by atoms with E-state index in [2.05, 4.69) is 10.1 Å². The molecule has 0 spiro atoms. The van der Waals surface area contributed by atoms with Crippen molar-refractivity contribution < 1.29 is 9.53 Å². The molecule has 0 radical (unpaired) electrons. The van der Waals surface area contributed by atoms with Crippen LogP contribution >= 0.6 is 0 Å². The van der Waals surface area contributed by atoms with Crippen molar-refractivity contribution in [3.8, 4) is 5.69 Å². The summed E-state index contributed by atoms with van der Waals surface area (Å²) >= 11 is 0. The van der Waals surface area contributed by atoms with Gasteiger partial charge in [-0.05, 0) is 25.0 Å². The predicted molar refractivity (Wildman–Crippen MR) is 78.4 cm³/mol. The van der Waals surface area contributed by atoms with Crippen LogP contribution in [0.15, 0.2) is 30.3 Å². The van der Waals surface area contributed by atoms with Gasteiger partial charge in [0.2, 0.25) is 0 Å². The Morgan fingerprint density at radius 1 is 1.33 bits per heavy atom. The van der Waals surface area contributed by atoms with Gasteiger partial charge in [-0.3, -0.25) is 0 Å². The minimum atomic E-state index is -0.456. The van der Waals surface area contributed by atoms with E-state index < -0.39 is 5.97 Å². The average molecular weight is 285 g/mol. The molecule has 1 aliphatic carbocycles. The van der Waals surface area contributed by atoms with E-state index in [1.165, 1.54) is 19.3 Å². The third-order valence-corrected chi connectivity index (χ3v) is 3.83. The van der Waals surface area contributed by atoms with Crippen molar-refractivity contribution in [3.63, 3.8) is 0 Å². The van der Waals surface area contributed by atoms with Crippen LogP contribution in [0, 0.1) is 5.92 Å². The average Bonchev–Trinajstić information content (AvgIpc) is 2.88. The van der Waals surface area contributed by atoms with E-state index in [1.54, 1.807) is 11.6 Å². The van der Waals surface area contributed by atoms with Crippen molar-refractivity contribution >= 4 is 5.97 Å². The van der Waals surface area contributed by atoms with Gasteiger partial charge in [0.1, 0.15) is 5.82 Å². The van der Waals surface area contributed by atoms with Crippen molar-refractivity contribution in [1.29, 1.82) is 0 Å². The van der Waals surface area contributed by atoms with Crippen molar-refractivity contribution in [2.24, 2.45) is 5.92 Å². The summed E-state index contributed by atoms with van der Waals surface area (Å²) in [6.07, 6.45) is 4.61. The monoisotopic (exact) mass is 285 g/mol. The lowest BCUT2D eigenvalue weighted by Crippen LogP contribution is -2.16. The molecule has 0 unspecified atom stereocenters. The van der Waals surface area contributed by atoms with Crippen LogP contribution in [0.4, 0.5) is 0 Å². The molecule has 0 amide bonds. The molecule has 0 aliphatic heterocycles. The zero-order valence-corrected chi connectivity index (χ0v) is 12.2. The van der Waals surface area contributed by atoms with Gasteiger partial charge in [0.05, 0.1) is 12.3 Å². The van der Waals surface area contributed by atoms with Crippen LogP contribution < -0.4 is 0 Å². The van der Waals surface area contributed by atoms with Crippen molar-refractivity contribution in [2.45, 2.75) is 32.6 Å². The summed E-state index contributed by atoms with van der Waals surface area (Å²) in [5.41, 5.74) is 0.926. The smallest absolute Gasteiger partial charge is 0.378 e. The molecule has 5 heteroatoms. The largest absolute Gasteiger partial charge is 0.460 e. The molecule has 0 saturated heterocycles.